The highest BCUT2D eigenvalue weighted by molar-refractivity contribution is 7.92. The summed E-state index contributed by atoms with van der Waals surface area (Å²) in [5.74, 6) is 0.258. The molecular formula is C19H21ClN2O5S. The van der Waals surface area contributed by atoms with Crippen LogP contribution in [0.4, 0.5) is 5.69 Å². The van der Waals surface area contributed by atoms with E-state index in [0.717, 1.165) is 0 Å². The first-order chi connectivity index (χ1) is 13.3. The molecule has 2 aromatic rings. The molecule has 7 nitrogen and oxygen atoms in total. The van der Waals surface area contributed by atoms with Crippen LogP contribution >= 0.6 is 11.6 Å². The van der Waals surface area contributed by atoms with E-state index in [-0.39, 0.29) is 27.9 Å². The van der Waals surface area contributed by atoms with Crippen LogP contribution in [0.15, 0.2) is 47.4 Å². The van der Waals surface area contributed by atoms with Gasteiger partial charge in [-0.05, 0) is 55.3 Å². The van der Waals surface area contributed by atoms with Crippen molar-refractivity contribution in [3.05, 3.63) is 53.1 Å². The Morgan fingerprint density at radius 3 is 2.61 bits per heavy atom. The van der Waals surface area contributed by atoms with Gasteiger partial charge in [-0.1, -0.05) is 11.6 Å². The molecule has 1 unspecified atom stereocenters. The molecule has 1 atom stereocenters. The van der Waals surface area contributed by atoms with Gasteiger partial charge in [-0.2, -0.15) is 0 Å². The number of carbonyl (C=O) groups is 1. The highest BCUT2D eigenvalue weighted by Gasteiger charge is 2.25. The lowest BCUT2D eigenvalue weighted by molar-refractivity contribution is 0.0473. The lowest BCUT2D eigenvalue weighted by Crippen LogP contribution is -2.42. The van der Waals surface area contributed by atoms with E-state index in [9.17, 15) is 18.3 Å². The SMILES string of the molecule is COc1ccc(NS(=O)(=O)c2cc(C(=O)N3CCCC(O)C3)ccc2Cl)cc1. The maximum absolute atomic E-state index is 12.8. The summed E-state index contributed by atoms with van der Waals surface area (Å²) in [6, 6.07) is 10.5. The van der Waals surface area contributed by atoms with Crippen LogP contribution in [0.1, 0.15) is 23.2 Å². The first-order valence-electron chi connectivity index (χ1n) is 8.74. The smallest absolute Gasteiger partial charge is 0.263 e. The molecule has 1 aliphatic rings. The van der Waals surface area contributed by atoms with E-state index >= 15 is 0 Å². The summed E-state index contributed by atoms with van der Waals surface area (Å²) in [5.41, 5.74) is 0.543. The van der Waals surface area contributed by atoms with Gasteiger partial charge in [0.05, 0.1) is 18.2 Å². The molecular weight excluding hydrogens is 404 g/mol. The number of rotatable bonds is 5. The molecule has 1 fully saturated rings. The van der Waals surface area contributed by atoms with Crippen molar-refractivity contribution in [1.82, 2.24) is 4.90 Å². The van der Waals surface area contributed by atoms with Crippen LogP contribution in [0.5, 0.6) is 5.75 Å². The van der Waals surface area contributed by atoms with Gasteiger partial charge in [0.1, 0.15) is 10.6 Å². The minimum atomic E-state index is -4.00. The molecule has 1 heterocycles. The molecule has 1 aliphatic heterocycles. The van der Waals surface area contributed by atoms with Gasteiger partial charge in [0.15, 0.2) is 0 Å². The number of piperidine rings is 1. The molecule has 1 saturated heterocycles. The number of halogens is 1. The zero-order valence-corrected chi connectivity index (χ0v) is 16.8. The summed E-state index contributed by atoms with van der Waals surface area (Å²) in [6.45, 7) is 0.748. The highest BCUT2D eigenvalue weighted by Crippen LogP contribution is 2.27. The Balaban J connectivity index is 1.86. The number of ether oxygens (including phenoxy) is 1. The Morgan fingerprint density at radius 1 is 1.25 bits per heavy atom. The monoisotopic (exact) mass is 424 g/mol. The maximum Gasteiger partial charge on any atom is 0.263 e. The molecule has 9 heteroatoms. The second-order valence-electron chi connectivity index (χ2n) is 6.53. The third-order valence-electron chi connectivity index (χ3n) is 4.49. The summed E-state index contributed by atoms with van der Waals surface area (Å²) in [7, 11) is -2.49. The van der Waals surface area contributed by atoms with E-state index in [4.69, 9.17) is 16.3 Å². The zero-order chi connectivity index (χ0) is 20.3. The summed E-state index contributed by atoms with van der Waals surface area (Å²) in [4.78, 5) is 14.0. The largest absolute Gasteiger partial charge is 0.497 e. The van der Waals surface area contributed by atoms with Crippen molar-refractivity contribution in [1.29, 1.82) is 0 Å². The first-order valence-corrected chi connectivity index (χ1v) is 10.6. The van der Waals surface area contributed by atoms with Crippen LogP contribution in [0.2, 0.25) is 5.02 Å². The second-order valence-corrected chi connectivity index (χ2v) is 8.58. The van der Waals surface area contributed by atoms with Crippen molar-refractivity contribution in [2.45, 2.75) is 23.8 Å². The van der Waals surface area contributed by atoms with E-state index < -0.39 is 16.1 Å². The number of aliphatic hydroxyl groups is 1. The lowest BCUT2D eigenvalue weighted by atomic mass is 10.1. The molecule has 0 saturated carbocycles. The van der Waals surface area contributed by atoms with Crippen molar-refractivity contribution in [2.75, 3.05) is 24.9 Å². The van der Waals surface area contributed by atoms with Crippen molar-refractivity contribution in [3.63, 3.8) is 0 Å². The quantitative estimate of drug-likeness (QED) is 0.769. The van der Waals surface area contributed by atoms with Crippen LogP contribution in [-0.2, 0) is 10.0 Å². The van der Waals surface area contributed by atoms with Crippen molar-refractivity contribution in [2.24, 2.45) is 0 Å². The van der Waals surface area contributed by atoms with Crippen LogP contribution in [0, 0.1) is 0 Å². The topological polar surface area (TPSA) is 95.9 Å². The molecule has 150 valence electrons. The van der Waals surface area contributed by atoms with Crippen molar-refractivity contribution >= 4 is 33.2 Å². The number of anilines is 1. The maximum atomic E-state index is 12.8. The number of amides is 1. The predicted octanol–water partition coefficient (Wildman–Crippen LogP) is 2.75. The third kappa shape index (κ3) is 4.57. The fraction of sp³-hybridized carbons (Fsp3) is 0.316. The number of sulfonamides is 1. The van der Waals surface area contributed by atoms with Gasteiger partial charge in [-0.25, -0.2) is 8.42 Å². The van der Waals surface area contributed by atoms with Gasteiger partial charge in [0, 0.05) is 24.3 Å². The lowest BCUT2D eigenvalue weighted by Gasteiger charge is -2.30. The molecule has 2 aromatic carbocycles. The number of carbonyl (C=O) groups excluding carboxylic acids is 1. The number of likely N-dealkylation sites (tertiary alicyclic amines) is 1. The molecule has 0 aromatic heterocycles. The number of nitrogens with one attached hydrogen (secondary N) is 1. The van der Waals surface area contributed by atoms with Gasteiger partial charge < -0.3 is 14.7 Å². The molecule has 0 aliphatic carbocycles. The summed E-state index contributed by atoms with van der Waals surface area (Å²) < 4.78 is 33.1. The zero-order valence-electron chi connectivity index (χ0n) is 15.3. The Bertz CT molecular complexity index is 963. The standard InChI is InChI=1S/C19H21ClN2O5S/c1-27-16-7-5-14(6-8-16)21-28(25,26)18-11-13(4-9-17(18)20)19(24)22-10-2-3-15(23)12-22/h4-9,11,15,21,23H,2-3,10,12H2,1H3. The van der Waals surface area contributed by atoms with Gasteiger partial charge in [-0.15, -0.1) is 0 Å². The minimum absolute atomic E-state index is 0.0104. The van der Waals surface area contributed by atoms with E-state index in [0.29, 0.717) is 30.8 Å². The minimum Gasteiger partial charge on any atom is -0.497 e. The van der Waals surface area contributed by atoms with Gasteiger partial charge in [-0.3, -0.25) is 9.52 Å². The Hall–Kier alpha value is -2.29. The number of aliphatic hydroxyl groups excluding tert-OH is 1. The van der Waals surface area contributed by atoms with Gasteiger partial charge in [0.2, 0.25) is 0 Å². The molecule has 0 spiro atoms. The molecule has 2 N–H and O–H groups in total. The average Bonchev–Trinajstić information content (AvgIpc) is 2.68. The predicted molar refractivity (Wildman–Crippen MR) is 106 cm³/mol. The molecule has 3 rings (SSSR count). The van der Waals surface area contributed by atoms with Gasteiger partial charge in [0.25, 0.3) is 15.9 Å². The fourth-order valence-corrected chi connectivity index (χ4v) is 4.62. The molecule has 0 bridgehead atoms. The van der Waals surface area contributed by atoms with E-state index in [1.807, 2.05) is 0 Å². The number of hydrogen-bond donors (Lipinski definition) is 2. The van der Waals surface area contributed by atoms with E-state index in [1.54, 1.807) is 24.3 Å². The summed E-state index contributed by atoms with van der Waals surface area (Å²) in [5, 5.41) is 9.79. The number of nitrogens with zero attached hydrogens (tertiary/aromatic N) is 1. The van der Waals surface area contributed by atoms with E-state index in [1.165, 1.54) is 30.2 Å². The molecule has 0 radical (unpaired) electrons. The Labute approximate surface area is 168 Å². The Kier molecular flexibility index (Phi) is 6.12. The number of benzene rings is 2. The van der Waals surface area contributed by atoms with Crippen LogP contribution in [0.25, 0.3) is 0 Å². The van der Waals surface area contributed by atoms with Gasteiger partial charge >= 0.3 is 0 Å². The van der Waals surface area contributed by atoms with Crippen LogP contribution in [0.3, 0.4) is 0 Å². The van der Waals surface area contributed by atoms with Crippen molar-refractivity contribution < 1.29 is 23.1 Å². The second kappa shape index (κ2) is 8.38. The van der Waals surface area contributed by atoms with Crippen molar-refractivity contribution in [3.8, 4) is 5.75 Å². The highest BCUT2D eigenvalue weighted by atomic mass is 35.5. The molecule has 1 amide bonds. The Morgan fingerprint density at radius 2 is 1.96 bits per heavy atom. The van der Waals surface area contributed by atoms with Crippen LogP contribution in [-0.4, -0.2) is 50.6 Å². The van der Waals surface area contributed by atoms with E-state index in [2.05, 4.69) is 4.72 Å². The number of hydrogen-bond acceptors (Lipinski definition) is 5. The molecule has 28 heavy (non-hydrogen) atoms. The fourth-order valence-electron chi connectivity index (χ4n) is 3.03. The number of β-amino-alcohol motifs (C(OH)–C–C–N with tert-alkyl or cyclic N) is 1. The average molecular weight is 425 g/mol. The van der Waals surface area contributed by atoms with Crippen LogP contribution < -0.4 is 9.46 Å². The number of methoxy groups -OCH3 is 1. The third-order valence-corrected chi connectivity index (χ3v) is 6.36. The summed E-state index contributed by atoms with van der Waals surface area (Å²) >= 11 is 6.10. The first kappa shape index (κ1) is 20.4. The summed E-state index contributed by atoms with van der Waals surface area (Å²) in [6.07, 6.45) is 0.783. The normalized spacial score (nSPS) is 17.2.